The first-order valence-corrected chi connectivity index (χ1v) is 6.38. The van der Waals surface area contributed by atoms with Crippen LogP contribution in [-0.4, -0.2) is 31.4 Å². The van der Waals surface area contributed by atoms with E-state index in [1.807, 2.05) is 0 Å². The summed E-state index contributed by atoms with van der Waals surface area (Å²) < 4.78 is 17.6. The molecule has 5 heteroatoms. The molecule has 1 N–H and O–H groups in total. The van der Waals surface area contributed by atoms with E-state index in [0.717, 1.165) is 4.90 Å². The molecule has 1 aromatic carbocycles. The maximum Gasteiger partial charge on any atom is 0.323 e. The third kappa shape index (κ3) is 4.75. The zero-order valence-corrected chi connectivity index (χ0v) is 10.7. The first kappa shape index (κ1) is 14.0. The first-order valence-electron chi connectivity index (χ1n) is 5.39. The Hall–Kier alpha value is -1.07. The summed E-state index contributed by atoms with van der Waals surface area (Å²) in [5.74, 6) is 0.0376. The molecule has 0 heterocycles. The minimum atomic E-state index is -0.343. The summed E-state index contributed by atoms with van der Waals surface area (Å²) in [4.78, 5) is 12.4. The van der Waals surface area contributed by atoms with Gasteiger partial charge in [0, 0.05) is 10.6 Å². The van der Waals surface area contributed by atoms with E-state index < -0.39 is 0 Å². The molecule has 1 unspecified atom stereocenters. The van der Waals surface area contributed by atoms with E-state index in [4.69, 9.17) is 4.74 Å². The summed E-state index contributed by atoms with van der Waals surface area (Å²) in [6.45, 7) is 2.15. The number of benzene rings is 1. The van der Waals surface area contributed by atoms with Gasteiger partial charge >= 0.3 is 5.97 Å². The average Bonchev–Trinajstić information content (AvgIpc) is 2.32. The average molecular weight is 257 g/mol. The quantitative estimate of drug-likeness (QED) is 0.625. The van der Waals surface area contributed by atoms with Gasteiger partial charge in [-0.25, -0.2) is 4.39 Å². The molecule has 0 fully saturated rings. The van der Waals surface area contributed by atoms with Gasteiger partial charge in [-0.15, -0.1) is 11.8 Å². The number of hydrogen-bond donors (Lipinski definition) is 1. The normalized spacial score (nSPS) is 12.2. The largest absolute Gasteiger partial charge is 0.465 e. The van der Waals surface area contributed by atoms with Crippen molar-refractivity contribution in [1.29, 1.82) is 0 Å². The molecule has 1 rings (SSSR count). The van der Waals surface area contributed by atoms with Gasteiger partial charge in [0.15, 0.2) is 0 Å². The molecule has 0 saturated heterocycles. The predicted octanol–water partition coefficient (Wildman–Crippen LogP) is 2.07. The number of hydrogen-bond acceptors (Lipinski definition) is 4. The van der Waals surface area contributed by atoms with Crippen molar-refractivity contribution in [2.24, 2.45) is 0 Å². The van der Waals surface area contributed by atoms with E-state index in [2.05, 4.69) is 5.32 Å². The van der Waals surface area contributed by atoms with Gasteiger partial charge in [-0.3, -0.25) is 4.79 Å². The molecule has 0 amide bonds. The Morgan fingerprint density at radius 3 is 2.65 bits per heavy atom. The highest BCUT2D eigenvalue weighted by molar-refractivity contribution is 7.99. The number of ether oxygens (including phenoxy) is 1. The highest BCUT2D eigenvalue weighted by Gasteiger charge is 2.17. The zero-order valence-electron chi connectivity index (χ0n) is 9.90. The highest BCUT2D eigenvalue weighted by Crippen LogP contribution is 2.19. The van der Waals surface area contributed by atoms with Crippen LogP contribution in [0.1, 0.15) is 6.92 Å². The molecule has 0 aliphatic carbocycles. The fourth-order valence-corrected chi connectivity index (χ4v) is 2.21. The van der Waals surface area contributed by atoms with Crippen molar-refractivity contribution < 1.29 is 13.9 Å². The maximum absolute atomic E-state index is 12.7. The molecular weight excluding hydrogens is 241 g/mol. The molecule has 0 aromatic heterocycles. The molecule has 1 aromatic rings. The van der Waals surface area contributed by atoms with Crippen LogP contribution >= 0.6 is 11.8 Å². The van der Waals surface area contributed by atoms with Crippen molar-refractivity contribution in [3.05, 3.63) is 30.1 Å². The van der Waals surface area contributed by atoms with Gasteiger partial charge in [0.2, 0.25) is 0 Å². The molecule has 0 bridgehead atoms. The van der Waals surface area contributed by atoms with Crippen molar-refractivity contribution in [2.75, 3.05) is 19.4 Å². The van der Waals surface area contributed by atoms with Crippen LogP contribution in [0, 0.1) is 5.82 Å². The van der Waals surface area contributed by atoms with E-state index in [1.165, 1.54) is 23.9 Å². The number of halogens is 1. The molecule has 94 valence electrons. The van der Waals surface area contributed by atoms with E-state index in [9.17, 15) is 9.18 Å². The van der Waals surface area contributed by atoms with Crippen molar-refractivity contribution in [2.45, 2.75) is 17.9 Å². The Balaban J connectivity index is 2.47. The van der Waals surface area contributed by atoms with Crippen LogP contribution in [0.3, 0.4) is 0 Å². The van der Waals surface area contributed by atoms with Gasteiger partial charge < -0.3 is 10.1 Å². The van der Waals surface area contributed by atoms with E-state index in [0.29, 0.717) is 12.4 Å². The van der Waals surface area contributed by atoms with E-state index in [-0.39, 0.29) is 17.8 Å². The molecule has 0 aliphatic heterocycles. The number of nitrogens with one attached hydrogen (secondary N) is 1. The Morgan fingerprint density at radius 2 is 2.12 bits per heavy atom. The minimum absolute atomic E-state index is 0.259. The zero-order chi connectivity index (χ0) is 12.7. The van der Waals surface area contributed by atoms with E-state index >= 15 is 0 Å². The van der Waals surface area contributed by atoms with Crippen LogP contribution in [0.5, 0.6) is 0 Å². The second-order valence-electron chi connectivity index (χ2n) is 3.36. The van der Waals surface area contributed by atoms with Crippen LogP contribution in [0.2, 0.25) is 0 Å². The van der Waals surface area contributed by atoms with Crippen molar-refractivity contribution in [1.82, 2.24) is 5.32 Å². The van der Waals surface area contributed by atoms with Crippen LogP contribution in [0.4, 0.5) is 4.39 Å². The first-order chi connectivity index (χ1) is 8.17. The lowest BCUT2D eigenvalue weighted by molar-refractivity contribution is -0.144. The maximum atomic E-state index is 12.7. The second-order valence-corrected chi connectivity index (χ2v) is 4.45. The summed E-state index contributed by atoms with van der Waals surface area (Å²) in [5, 5.41) is 2.90. The monoisotopic (exact) mass is 257 g/mol. The van der Waals surface area contributed by atoms with Gasteiger partial charge in [-0.05, 0) is 38.2 Å². The van der Waals surface area contributed by atoms with Gasteiger partial charge in [-0.1, -0.05) is 0 Å². The Morgan fingerprint density at radius 1 is 1.47 bits per heavy atom. The minimum Gasteiger partial charge on any atom is -0.465 e. The fraction of sp³-hybridized carbons (Fsp3) is 0.417. The number of thioether (sulfide) groups is 1. The molecule has 0 spiro atoms. The number of rotatable bonds is 6. The molecule has 1 atom stereocenters. The smallest absolute Gasteiger partial charge is 0.323 e. The molecule has 0 aliphatic rings. The molecule has 3 nitrogen and oxygen atoms in total. The third-order valence-corrected chi connectivity index (χ3v) is 3.26. The lowest BCUT2D eigenvalue weighted by Gasteiger charge is -2.13. The standard InChI is InChI=1S/C12H16FNO2S/c1-3-16-12(15)11(14-2)8-17-10-6-4-9(13)5-7-10/h4-7,11,14H,3,8H2,1-2H3. The van der Waals surface area contributed by atoms with Gasteiger partial charge in [0.05, 0.1) is 6.61 Å². The lowest BCUT2D eigenvalue weighted by atomic mass is 10.3. The Labute approximate surface area is 105 Å². The van der Waals surface area contributed by atoms with Gasteiger partial charge in [0.1, 0.15) is 11.9 Å². The Kier molecular flexibility index (Phi) is 6.00. The van der Waals surface area contributed by atoms with Crippen LogP contribution < -0.4 is 5.32 Å². The van der Waals surface area contributed by atoms with Gasteiger partial charge in [-0.2, -0.15) is 0 Å². The highest BCUT2D eigenvalue weighted by atomic mass is 32.2. The second kappa shape index (κ2) is 7.29. The number of carbonyl (C=O) groups excluding carboxylic acids is 1. The predicted molar refractivity (Wildman–Crippen MR) is 66.6 cm³/mol. The van der Waals surface area contributed by atoms with Crippen LogP contribution in [0.25, 0.3) is 0 Å². The molecular formula is C12H16FNO2S. The van der Waals surface area contributed by atoms with Crippen molar-refractivity contribution >= 4 is 17.7 Å². The number of carbonyl (C=O) groups is 1. The summed E-state index contributed by atoms with van der Waals surface area (Å²) >= 11 is 1.49. The molecule has 0 saturated carbocycles. The number of likely N-dealkylation sites (N-methyl/N-ethyl adjacent to an activating group) is 1. The van der Waals surface area contributed by atoms with Crippen LogP contribution in [-0.2, 0) is 9.53 Å². The van der Waals surface area contributed by atoms with Gasteiger partial charge in [0.25, 0.3) is 0 Å². The van der Waals surface area contributed by atoms with Crippen molar-refractivity contribution in [3.63, 3.8) is 0 Å². The Bertz CT molecular complexity index is 356. The van der Waals surface area contributed by atoms with E-state index in [1.54, 1.807) is 26.1 Å². The van der Waals surface area contributed by atoms with Crippen molar-refractivity contribution in [3.8, 4) is 0 Å². The lowest BCUT2D eigenvalue weighted by Crippen LogP contribution is -2.37. The topological polar surface area (TPSA) is 38.3 Å². The summed E-state index contributed by atoms with van der Waals surface area (Å²) in [5.41, 5.74) is 0. The summed E-state index contributed by atoms with van der Waals surface area (Å²) in [6.07, 6.45) is 0. The third-order valence-electron chi connectivity index (χ3n) is 2.15. The number of esters is 1. The summed E-state index contributed by atoms with van der Waals surface area (Å²) in [7, 11) is 1.72. The van der Waals surface area contributed by atoms with Crippen LogP contribution in [0.15, 0.2) is 29.2 Å². The SMILES string of the molecule is CCOC(=O)C(CSc1ccc(F)cc1)NC. The summed E-state index contributed by atoms with van der Waals surface area (Å²) in [6, 6.07) is 5.85. The fourth-order valence-electron chi connectivity index (χ4n) is 1.22. The molecule has 17 heavy (non-hydrogen) atoms. The molecule has 0 radical (unpaired) electrons.